The van der Waals surface area contributed by atoms with Crippen molar-refractivity contribution in [2.45, 2.75) is 112 Å². The van der Waals surface area contributed by atoms with E-state index in [0.717, 1.165) is 19.3 Å². The number of hydrogen-bond donors (Lipinski definition) is 1. The maximum Gasteiger partial charge on any atom is 0.312 e. The molecule has 5 saturated carbocycles. The molecule has 11 atom stereocenters. The van der Waals surface area contributed by atoms with Crippen LogP contribution in [0.15, 0.2) is 12.2 Å². The van der Waals surface area contributed by atoms with Crippen molar-refractivity contribution in [1.29, 1.82) is 0 Å². The van der Waals surface area contributed by atoms with Gasteiger partial charge < -0.3 is 9.84 Å². The van der Waals surface area contributed by atoms with Crippen molar-refractivity contribution in [3.63, 3.8) is 0 Å². The number of fused-ring (bicyclic) bond motifs is 7. The highest BCUT2D eigenvalue weighted by atomic mass is 16.6. The molecule has 5 unspecified atom stereocenters. The second kappa shape index (κ2) is 6.48. The Balaban J connectivity index is 1.41. The van der Waals surface area contributed by atoms with Crippen molar-refractivity contribution >= 4 is 5.97 Å². The number of hydrogen-bond acceptors (Lipinski definition) is 3. The molecule has 0 aromatic rings. The van der Waals surface area contributed by atoms with Crippen molar-refractivity contribution in [3.05, 3.63) is 12.2 Å². The zero-order valence-corrected chi connectivity index (χ0v) is 21.9. The number of aliphatic hydroxyl groups excluding tert-OH is 1. The molecule has 2 bridgehead atoms. The zero-order valence-electron chi connectivity index (χ0n) is 21.9. The first-order valence-electron chi connectivity index (χ1n) is 13.9. The average Bonchev–Trinajstić information content (AvgIpc) is 3.23. The molecule has 1 heterocycles. The Labute approximate surface area is 201 Å². The molecule has 5 aliphatic carbocycles. The predicted octanol–water partition coefficient (Wildman–Crippen LogP) is 6.54. The number of aliphatic hydroxyl groups is 1. The third kappa shape index (κ3) is 2.40. The third-order valence-corrected chi connectivity index (χ3v) is 13.7. The van der Waals surface area contributed by atoms with Gasteiger partial charge >= 0.3 is 5.97 Å². The van der Waals surface area contributed by atoms with E-state index in [1.807, 2.05) is 0 Å². The molecule has 0 amide bonds. The van der Waals surface area contributed by atoms with Crippen molar-refractivity contribution in [1.82, 2.24) is 0 Å². The van der Waals surface area contributed by atoms with E-state index in [4.69, 9.17) is 4.74 Å². The summed E-state index contributed by atoms with van der Waals surface area (Å²) in [5.74, 6) is 2.79. The molecular formula is C30H46O3. The average molecular weight is 455 g/mol. The zero-order chi connectivity index (χ0) is 23.8. The molecule has 0 aromatic heterocycles. The van der Waals surface area contributed by atoms with Crippen molar-refractivity contribution in [3.8, 4) is 0 Å². The first-order valence-corrected chi connectivity index (χ1v) is 13.9. The number of carbonyl (C=O) groups excluding carboxylic acids is 1. The van der Waals surface area contributed by atoms with Crippen LogP contribution in [0.3, 0.4) is 0 Å². The van der Waals surface area contributed by atoms with Gasteiger partial charge in [-0.3, -0.25) is 4.79 Å². The Morgan fingerprint density at radius 3 is 2.36 bits per heavy atom. The van der Waals surface area contributed by atoms with Gasteiger partial charge in [0.2, 0.25) is 0 Å². The van der Waals surface area contributed by atoms with Gasteiger partial charge in [-0.15, -0.1) is 0 Å². The lowest BCUT2D eigenvalue weighted by Crippen LogP contribution is -2.67. The summed E-state index contributed by atoms with van der Waals surface area (Å²) < 4.78 is 5.94. The van der Waals surface area contributed by atoms with Crippen LogP contribution in [0.4, 0.5) is 0 Å². The summed E-state index contributed by atoms with van der Waals surface area (Å²) in [6.45, 7) is 19.1. The minimum Gasteiger partial charge on any atom is -0.461 e. The molecule has 1 spiro atoms. The lowest BCUT2D eigenvalue weighted by molar-refractivity contribution is -0.250. The Morgan fingerprint density at radius 2 is 1.67 bits per heavy atom. The molecule has 0 radical (unpaired) electrons. The lowest BCUT2D eigenvalue weighted by Gasteiger charge is -2.72. The van der Waals surface area contributed by atoms with Crippen molar-refractivity contribution in [2.24, 2.45) is 56.7 Å². The van der Waals surface area contributed by atoms with Gasteiger partial charge in [-0.25, -0.2) is 0 Å². The molecule has 3 heteroatoms. The van der Waals surface area contributed by atoms with Gasteiger partial charge in [-0.1, -0.05) is 46.8 Å². The minimum atomic E-state index is -0.236. The Bertz CT molecular complexity index is 906. The van der Waals surface area contributed by atoms with Crippen molar-refractivity contribution in [2.75, 3.05) is 0 Å². The first-order chi connectivity index (χ1) is 15.3. The summed E-state index contributed by atoms with van der Waals surface area (Å²) in [4.78, 5) is 13.2. The summed E-state index contributed by atoms with van der Waals surface area (Å²) in [5, 5.41) is 10.9. The van der Waals surface area contributed by atoms with Gasteiger partial charge in [0.25, 0.3) is 0 Å². The van der Waals surface area contributed by atoms with Crippen LogP contribution < -0.4 is 0 Å². The maximum absolute atomic E-state index is 13.2. The summed E-state index contributed by atoms with van der Waals surface area (Å²) in [5.41, 5.74) is 1.86. The molecule has 0 aromatic carbocycles. The van der Waals surface area contributed by atoms with Gasteiger partial charge in [0, 0.05) is 12.3 Å². The summed E-state index contributed by atoms with van der Waals surface area (Å²) in [6, 6.07) is 0. The van der Waals surface area contributed by atoms with E-state index in [1.54, 1.807) is 0 Å². The van der Waals surface area contributed by atoms with Crippen LogP contribution in [-0.4, -0.2) is 23.3 Å². The van der Waals surface area contributed by atoms with E-state index < -0.39 is 0 Å². The molecule has 6 aliphatic rings. The van der Waals surface area contributed by atoms with Gasteiger partial charge in [0.1, 0.15) is 6.10 Å². The SMILES string of the molecule is C=C(C)C1C2C3CCC4[C@@]5(C)CC[C@H](O)C(C)(C)C5CC[C@@]4(C)[C@]3(C)CC[C@@]23C[C@@H]1OC3=O. The smallest absolute Gasteiger partial charge is 0.312 e. The topological polar surface area (TPSA) is 46.5 Å². The Morgan fingerprint density at radius 1 is 0.939 bits per heavy atom. The van der Waals surface area contributed by atoms with E-state index >= 15 is 0 Å². The Kier molecular flexibility index (Phi) is 4.44. The molecule has 1 N–H and O–H groups in total. The van der Waals surface area contributed by atoms with E-state index in [1.165, 1.54) is 44.1 Å². The minimum absolute atomic E-state index is 0.00210. The van der Waals surface area contributed by atoms with Crippen LogP contribution in [0.25, 0.3) is 0 Å². The molecular weight excluding hydrogens is 408 g/mol. The van der Waals surface area contributed by atoms with E-state index in [-0.39, 0.29) is 34.4 Å². The van der Waals surface area contributed by atoms with Crippen LogP contribution in [-0.2, 0) is 9.53 Å². The standard InChI is InChI=1S/C30H46O3/c1-17(2)23-19-16-30(25(32)33-19)15-14-28(6)18(24(23)30)8-9-21-27(5)12-11-22(31)26(3,4)20(27)10-13-29(21,28)7/h18-24,31H,1,8-16H2,2-7H3/t18?,19-,20?,21?,22-,23?,24?,27-,28+,29+,30+/m0/s1. The normalized spacial score (nSPS) is 58.5. The van der Waals surface area contributed by atoms with E-state index in [2.05, 4.69) is 48.1 Å². The van der Waals surface area contributed by atoms with Gasteiger partial charge in [0.15, 0.2) is 0 Å². The first kappa shape index (κ1) is 22.6. The largest absolute Gasteiger partial charge is 0.461 e. The highest BCUT2D eigenvalue weighted by molar-refractivity contribution is 5.81. The number of ether oxygens (including phenoxy) is 1. The van der Waals surface area contributed by atoms with Crippen LogP contribution in [0.1, 0.15) is 99.3 Å². The molecule has 1 saturated heterocycles. The van der Waals surface area contributed by atoms with Gasteiger partial charge in [-0.05, 0) is 104 Å². The second-order valence-corrected chi connectivity index (χ2v) is 14.7. The molecule has 1 aliphatic heterocycles. The van der Waals surface area contributed by atoms with Crippen LogP contribution >= 0.6 is 0 Å². The molecule has 6 rings (SSSR count). The summed E-state index contributed by atoms with van der Waals surface area (Å²) in [6.07, 6.45) is 10.2. The molecule has 184 valence electrons. The van der Waals surface area contributed by atoms with Gasteiger partial charge in [0.05, 0.1) is 11.5 Å². The monoisotopic (exact) mass is 454 g/mol. The lowest BCUT2D eigenvalue weighted by atomic mass is 9.32. The molecule has 33 heavy (non-hydrogen) atoms. The summed E-state index contributed by atoms with van der Waals surface area (Å²) >= 11 is 0. The van der Waals surface area contributed by atoms with Crippen molar-refractivity contribution < 1.29 is 14.6 Å². The fraction of sp³-hybridized carbons (Fsp3) is 0.900. The fourth-order valence-electron chi connectivity index (χ4n) is 11.9. The maximum atomic E-state index is 13.2. The number of esters is 1. The summed E-state index contributed by atoms with van der Waals surface area (Å²) in [7, 11) is 0. The predicted molar refractivity (Wildman–Crippen MR) is 130 cm³/mol. The highest BCUT2D eigenvalue weighted by Crippen LogP contribution is 2.78. The molecule has 6 fully saturated rings. The van der Waals surface area contributed by atoms with Crippen LogP contribution in [0, 0.1) is 56.7 Å². The second-order valence-electron chi connectivity index (χ2n) is 14.7. The third-order valence-electron chi connectivity index (χ3n) is 13.7. The number of carbonyl (C=O) groups is 1. The molecule has 3 nitrogen and oxygen atoms in total. The fourth-order valence-corrected chi connectivity index (χ4v) is 11.9. The highest BCUT2D eigenvalue weighted by Gasteiger charge is 2.75. The Hall–Kier alpha value is -0.830. The number of rotatable bonds is 1. The van der Waals surface area contributed by atoms with Crippen LogP contribution in [0.5, 0.6) is 0 Å². The van der Waals surface area contributed by atoms with E-state index in [9.17, 15) is 9.90 Å². The quantitative estimate of drug-likeness (QED) is 0.361. The van der Waals surface area contributed by atoms with Crippen LogP contribution in [0.2, 0.25) is 0 Å². The van der Waals surface area contributed by atoms with Gasteiger partial charge in [-0.2, -0.15) is 0 Å². The van der Waals surface area contributed by atoms with E-state index in [0.29, 0.717) is 40.4 Å².